The van der Waals surface area contributed by atoms with Crippen LogP contribution in [0, 0.1) is 0 Å². The van der Waals surface area contributed by atoms with Crippen LogP contribution in [0.4, 0.5) is 0 Å². The van der Waals surface area contributed by atoms with Crippen LogP contribution in [0.5, 0.6) is 11.5 Å². The summed E-state index contributed by atoms with van der Waals surface area (Å²) < 4.78 is 5.74. The van der Waals surface area contributed by atoms with Crippen LogP contribution in [0.25, 0.3) is 0 Å². The zero-order chi connectivity index (χ0) is 9.80. The molecule has 0 aromatic heterocycles. The maximum absolute atomic E-state index is 9.09. The van der Waals surface area contributed by atoms with Crippen molar-refractivity contribution in [3.63, 3.8) is 0 Å². The number of benzene rings is 1. The third kappa shape index (κ3) is 2.39. The van der Waals surface area contributed by atoms with E-state index in [1.807, 2.05) is 0 Å². The molecular formula is C11H15NO2. The average molecular weight is 193 g/mol. The monoisotopic (exact) mass is 193 g/mol. The van der Waals surface area contributed by atoms with Crippen molar-refractivity contribution in [1.29, 1.82) is 0 Å². The van der Waals surface area contributed by atoms with Crippen molar-refractivity contribution in [3.8, 4) is 11.5 Å². The number of phenolic OH excluding ortho intramolecular Hbond substituents is 1. The largest absolute Gasteiger partial charge is 0.508 e. The summed E-state index contributed by atoms with van der Waals surface area (Å²) in [7, 11) is 0. The maximum atomic E-state index is 9.09. The first kappa shape index (κ1) is 9.34. The van der Waals surface area contributed by atoms with Gasteiger partial charge in [-0.2, -0.15) is 0 Å². The Kier molecular flexibility index (Phi) is 2.89. The molecule has 3 nitrogen and oxygen atoms in total. The zero-order valence-electron chi connectivity index (χ0n) is 8.07. The predicted molar refractivity (Wildman–Crippen MR) is 54.6 cm³/mol. The van der Waals surface area contributed by atoms with Gasteiger partial charge in [-0.1, -0.05) is 0 Å². The lowest BCUT2D eigenvalue weighted by Gasteiger charge is -2.23. The number of hydrogen-bond donors (Lipinski definition) is 2. The fourth-order valence-electron chi connectivity index (χ4n) is 1.64. The molecule has 1 atom stereocenters. The number of piperidine rings is 1. The average Bonchev–Trinajstić information content (AvgIpc) is 2.23. The number of phenols is 1. The van der Waals surface area contributed by atoms with Crippen molar-refractivity contribution in [1.82, 2.24) is 5.32 Å². The Labute approximate surface area is 83.7 Å². The van der Waals surface area contributed by atoms with E-state index in [9.17, 15) is 0 Å². The molecule has 0 amide bonds. The summed E-state index contributed by atoms with van der Waals surface area (Å²) in [6.45, 7) is 2.01. The van der Waals surface area contributed by atoms with E-state index in [2.05, 4.69) is 5.32 Å². The quantitative estimate of drug-likeness (QED) is 0.748. The van der Waals surface area contributed by atoms with E-state index in [4.69, 9.17) is 9.84 Å². The van der Waals surface area contributed by atoms with Gasteiger partial charge in [0.2, 0.25) is 0 Å². The van der Waals surface area contributed by atoms with E-state index in [-0.39, 0.29) is 11.9 Å². The van der Waals surface area contributed by atoms with Gasteiger partial charge in [-0.15, -0.1) is 0 Å². The van der Waals surface area contributed by atoms with Crippen molar-refractivity contribution in [2.75, 3.05) is 13.1 Å². The van der Waals surface area contributed by atoms with E-state index >= 15 is 0 Å². The molecule has 0 aliphatic carbocycles. The van der Waals surface area contributed by atoms with E-state index in [0.29, 0.717) is 0 Å². The summed E-state index contributed by atoms with van der Waals surface area (Å²) in [4.78, 5) is 0. The van der Waals surface area contributed by atoms with Crippen LogP contribution in [0.1, 0.15) is 12.8 Å². The van der Waals surface area contributed by atoms with Crippen LogP contribution in [0.3, 0.4) is 0 Å². The number of nitrogens with one attached hydrogen (secondary N) is 1. The molecule has 0 saturated carbocycles. The fraction of sp³-hybridized carbons (Fsp3) is 0.455. The number of hydrogen-bond acceptors (Lipinski definition) is 3. The van der Waals surface area contributed by atoms with E-state index in [0.717, 1.165) is 25.3 Å². The lowest BCUT2D eigenvalue weighted by Crippen LogP contribution is -2.37. The first-order valence-corrected chi connectivity index (χ1v) is 5.01. The minimum absolute atomic E-state index is 0.272. The second-order valence-electron chi connectivity index (χ2n) is 3.58. The van der Waals surface area contributed by atoms with Crippen molar-refractivity contribution in [3.05, 3.63) is 24.3 Å². The lowest BCUT2D eigenvalue weighted by molar-refractivity contribution is 0.167. The molecule has 0 spiro atoms. The highest BCUT2D eigenvalue weighted by Crippen LogP contribution is 2.18. The van der Waals surface area contributed by atoms with Crippen LogP contribution < -0.4 is 10.1 Å². The fourth-order valence-corrected chi connectivity index (χ4v) is 1.64. The molecule has 1 unspecified atom stereocenters. The molecule has 1 heterocycles. The Morgan fingerprint density at radius 3 is 2.71 bits per heavy atom. The van der Waals surface area contributed by atoms with Gasteiger partial charge in [-0.3, -0.25) is 0 Å². The zero-order valence-corrected chi connectivity index (χ0v) is 8.07. The van der Waals surface area contributed by atoms with Gasteiger partial charge in [-0.25, -0.2) is 0 Å². The third-order valence-electron chi connectivity index (χ3n) is 2.39. The standard InChI is InChI=1S/C11H15NO2/c13-9-3-5-10(6-4-9)14-11-2-1-7-12-8-11/h3-6,11-13H,1-2,7-8H2. The molecule has 2 rings (SSSR count). The smallest absolute Gasteiger partial charge is 0.120 e. The molecule has 1 saturated heterocycles. The topological polar surface area (TPSA) is 41.5 Å². The van der Waals surface area contributed by atoms with Gasteiger partial charge in [0, 0.05) is 6.54 Å². The molecule has 1 aliphatic heterocycles. The molecule has 14 heavy (non-hydrogen) atoms. The molecule has 1 aliphatic rings. The van der Waals surface area contributed by atoms with Crippen LogP contribution >= 0.6 is 0 Å². The van der Waals surface area contributed by atoms with E-state index in [1.54, 1.807) is 24.3 Å². The number of rotatable bonds is 2. The van der Waals surface area contributed by atoms with Crippen molar-refractivity contribution in [2.24, 2.45) is 0 Å². The van der Waals surface area contributed by atoms with Crippen molar-refractivity contribution in [2.45, 2.75) is 18.9 Å². The summed E-state index contributed by atoms with van der Waals surface area (Å²) in [6, 6.07) is 6.88. The van der Waals surface area contributed by atoms with Crippen LogP contribution in [0.2, 0.25) is 0 Å². The summed E-state index contributed by atoms with van der Waals surface area (Å²) in [5.74, 6) is 1.11. The van der Waals surface area contributed by atoms with Crippen LogP contribution in [-0.4, -0.2) is 24.3 Å². The molecule has 1 aromatic carbocycles. The van der Waals surface area contributed by atoms with Crippen molar-refractivity contribution >= 4 is 0 Å². The second kappa shape index (κ2) is 4.33. The van der Waals surface area contributed by atoms with E-state index < -0.39 is 0 Å². The normalized spacial score (nSPS) is 21.9. The molecule has 0 radical (unpaired) electrons. The maximum Gasteiger partial charge on any atom is 0.120 e. The number of aromatic hydroxyl groups is 1. The molecule has 3 heteroatoms. The van der Waals surface area contributed by atoms with Crippen LogP contribution in [0.15, 0.2) is 24.3 Å². The molecule has 1 fully saturated rings. The highest BCUT2D eigenvalue weighted by Gasteiger charge is 2.13. The Bertz CT molecular complexity index is 278. The molecule has 1 aromatic rings. The third-order valence-corrected chi connectivity index (χ3v) is 2.39. The predicted octanol–water partition coefficient (Wildman–Crippen LogP) is 1.52. The van der Waals surface area contributed by atoms with E-state index in [1.165, 1.54) is 6.42 Å². The van der Waals surface area contributed by atoms with Crippen LogP contribution in [-0.2, 0) is 0 Å². The van der Waals surface area contributed by atoms with Gasteiger partial charge in [-0.05, 0) is 43.7 Å². The highest BCUT2D eigenvalue weighted by molar-refractivity contribution is 5.30. The lowest BCUT2D eigenvalue weighted by atomic mass is 10.1. The van der Waals surface area contributed by atoms with Gasteiger partial charge in [0.15, 0.2) is 0 Å². The minimum atomic E-state index is 0.272. The van der Waals surface area contributed by atoms with Gasteiger partial charge in [0.05, 0.1) is 0 Å². The molecule has 0 bridgehead atoms. The molecule has 76 valence electrons. The first-order chi connectivity index (χ1) is 6.84. The Morgan fingerprint density at radius 2 is 2.07 bits per heavy atom. The first-order valence-electron chi connectivity index (χ1n) is 5.01. The number of ether oxygens (including phenoxy) is 1. The highest BCUT2D eigenvalue weighted by atomic mass is 16.5. The molecule has 2 N–H and O–H groups in total. The molecular weight excluding hydrogens is 178 g/mol. The van der Waals surface area contributed by atoms with Gasteiger partial charge >= 0.3 is 0 Å². The second-order valence-corrected chi connectivity index (χ2v) is 3.58. The van der Waals surface area contributed by atoms with Crippen molar-refractivity contribution < 1.29 is 9.84 Å². The summed E-state index contributed by atoms with van der Waals surface area (Å²) in [5, 5.41) is 12.4. The summed E-state index contributed by atoms with van der Waals surface area (Å²) in [6.07, 6.45) is 2.55. The Morgan fingerprint density at radius 1 is 1.29 bits per heavy atom. The minimum Gasteiger partial charge on any atom is -0.508 e. The Balaban J connectivity index is 1.92. The van der Waals surface area contributed by atoms with Gasteiger partial charge in [0.25, 0.3) is 0 Å². The SMILES string of the molecule is Oc1ccc(OC2CCCNC2)cc1. The summed E-state index contributed by atoms with van der Waals surface area (Å²) in [5.41, 5.74) is 0. The summed E-state index contributed by atoms with van der Waals surface area (Å²) >= 11 is 0. The van der Waals surface area contributed by atoms with Gasteiger partial charge < -0.3 is 15.2 Å². The van der Waals surface area contributed by atoms with Gasteiger partial charge in [0.1, 0.15) is 17.6 Å². The Hall–Kier alpha value is -1.22.